The highest BCUT2D eigenvalue weighted by Gasteiger charge is 2.27. The predicted molar refractivity (Wildman–Crippen MR) is 80.1 cm³/mol. The molecule has 20 heavy (non-hydrogen) atoms. The number of para-hydroxylation sites is 1. The van der Waals surface area contributed by atoms with Gasteiger partial charge < -0.3 is 9.88 Å². The van der Waals surface area contributed by atoms with Crippen LogP contribution in [0.1, 0.15) is 18.4 Å². The highest BCUT2D eigenvalue weighted by molar-refractivity contribution is 5.83. The topological polar surface area (TPSA) is 36.1 Å². The number of H-pyrrole nitrogens is 1. The third-order valence-electron chi connectivity index (χ3n) is 4.00. The van der Waals surface area contributed by atoms with Crippen LogP contribution < -0.4 is 0 Å². The van der Waals surface area contributed by atoms with Crippen LogP contribution in [0, 0.1) is 18.3 Å². The van der Waals surface area contributed by atoms with Gasteiger partial charge in [0.05, 0.1) is 0 Å². The number of likely N-dealkylation sites (tertiary alicyclic amines) is 1. The number of carbonyl (C=O) groups is 1. The number of carbonyl (C=O) groups excluding carboxylic acids is 1. The minimum Gasteiger partial charge on any atom is -0.361 e. The molecular weight excluding hydrogens is 248 g/mol. The van der Waals surface area contributed by atoms with Crippen molar-refractivity contribution in [3.63, 3.8) is 0 Å². The first-order valence-electron chi connectivity index (χ1n) is 7.07. The molecule has 1 aromatic heterocycles. The number of aryl methyl sites for hydroxylation is 1. The van der Waals surface area contributed by atoms with Crippen LogP contribution in [0.15, 0.2) is 30.5 Å². The van der Waals surface area contributed by atoms with E-state index in [1.165, 1.54) is 16.5 Å². The van der Waals surface area contributed by atoms with Crippen LogP contribution in [0.25, 0.3) is 10.9 Å². The lowest BCUT2D eigenvalue weighted by molar-refractivity contribution is -0.127. The van der Waals surface area contributed by atoms with E-state index in [1.807, 2.05) is 11.0 Å². The van der Waals surface area contributed by atoms with Crippen molar-refractivity contribution in [3.8, 4) is 12.3 Å². The second-order valence-electron chi connectivity index (χ2n) is 5.37. The molecule has 2 aromatic rings. The molecule has 1 aliphatic heterocycles. The summed E-state index contributed by atoms with van der Waals surface area (Å²) in [5, 5.41) is 1.28. The average Bonchev–Trinajstić information content (AvgIpc) is 3.04. The summed E-state index contributed by atoms with van der Waals surface area (Å²) in [6.07, 6.45) is 9.94. The van der Waals surface area contributed by atoms with Crippen LogP contribution in [0.4, 0.5) is 0 Å². The lowest BCUT2D eigenvalue weighted by atomic mass is 10.1. The number of fused-ring (bicyclic) bond motifs is 1. The summed E-state index contributed by atoms with van der Waals surface area (Å²) in [5.41, 5.74) is 2.49. The Labute approximate surface area is 119 Å². The molecule has 0 bridgehead atoms. The van der Waals surface area contributed by atoms with E-state index in [2.05, 4.69) is 35.3 Å². The van der Waals surface area contributed by atoms with Gasteiger partial charge in [0.2, 0.25) is 5.91 Å². The first kappa shape index (κ1) is 12.8. The van der Waals surface area contributed by atoms with Gasteiger partial charge in [-0.3, -0.25) is 4.79 Å². The van der Waals surface area contributed by atoms with Gasteiger partial charge in [0.25, 0.3) is 0 Å². The fraction of sp³-hybridized carbons (Fsp3) is 0.353. The van der Waals surface area contributed by atoms with Gasteiger partial charge in [0.15, 0.2) is 0 Å². The molecule has 1 aromatic carbocycles. The van der Waals surface area contributed by atoms with Crippen molar-refractivity contribution in [2.24, 2.45) is 5.92 Å². The van der Waals surface area contributed by atoms with E-state index >= 15 is 0 Å². The first-order valence-corrected chi connectivity index (χ1v) is 7.07. The number of rotatable bonds is 4. The van der Waals surface area contributed by atoms with Crippen molar-refractivity contribution in [1.29, 1.82) is 0 Å². The highest BCUT2D eigenvalue weighted by atomic mass is 16.2. The van der Waals surface area contributed by atoms with E-state index in [1.54, 1.807) is 0 Å². The fourth-order valence-electron chi connectivity index (χ4n) is 2.90. The molecule has 0 spiro atoms. The lowest BCUT2D eigenvalue weighted by Gasteiger charge is -2.15. The number of aromatic nitrogens is 1. The normalized spacial score (nSPS) is 18.6. The van der Waals surface area contributed by atoms with Gasteiger partial charge in [-0.05, 0) is 24.5 Å². The summed E-state index contributed by atoms with van der Waals surface area (Å²) in [5.74, 6) is 2.99. The molecule has 3 rings (SSSR count). The summed E-state index contributed by atoms with van der Waals surface area (Å²) < 4.78 is 0. The minimum absolute atomic E-state index is 0.107. The molecule has 1 saturated heterocycles. The van der Waals surface area contributed by atoms with E-state index in [4.69, 9.17) is 6.42 Å². The predicted octanol–water partition coefficient (Wildman–Crippen LogP) is 2.58. The van der Waals surface area contributed by atoms with E-state index in [0.29, 0.717) is 6.42 Å². The number of benzene rings is 1. The van der Waals surface area contributed by atoms with E-state index in [0.717, 1.165) is 25.9 Å². The van der Waals surface area contributed by atoms with Gasteiger partial charge in [-0.2, -0.15) is 0 Å². The summed E-state index contributed by atoms with van der Waals surface area (Å²) >= 11 is 0. The van der Waals surface area contributed by atoms with Crippen molar-refractivity contribution in [1.82, 2.24) is 9.88 Å². The van der Waals surface area contributed by atoms with Crippen LogP contribution >= 0.6 is 0 Å². The van der Waals surface area contributed by atoms with Gasteiger partial charge in [0, 0.05) is 42.5 Å². The summed E-state index contributed by atoms with van der Waals surface area (Å²) in [6.45, 7) is 1.53. The average molecular weight is 266 g/mol. The molecule has 1 unspecified atom stereocenters. The smallest absolute Gasteiger partial charge is 0.223 e. The molecule has 0 saturated carbocycles. The Morgan fingerprint density at radius 1 is 1.40 bits per heavy atom. The molecule has 0 radical (unpaired) electrons. The zero-order valence-electron chi connectivity index (χ0n) is 11.4. The Bertz CT molecular complexity index is 665. The second kappa shape index (κ2) is 5.42. The number of nitrogens with one attached hydrogen (secondary N) is 1. The number of amides is 1. The van der Waals surface area contributed by atoms with Crippen molar-refractivity contribution < 1.29 is 4.79 Å². The van der Waals surface area contributed by atoms with Gasteiger partial charge in [0.1, 0.15) is 0 Å². The summed E-state index contributed by atoms with van der Waals surface area (Å²) in [6, 6.07) is 8.31. The Morgan fingerprint density at radius 3 is 3.05 bits per heavy atom. The number of hydrogen-bond donors (Lipinski definition) is 1. The number of aromatic amines is 1. The van der Waals surface area contributed by atoms with E-state index < -0.39 is 0 Å². The molecule has 1 atom stereocenters. The summed E-state index contributed by atoms with van der Waals surface area (Å²) in [7, 11) is 0. The van der Waals surface area contributed by atoms with Crippen molar-refractivity contribution in [3.05, 3.63) is 36.0 Å². The molecule has 3 nitrogen and oxygen atoms in total. The number of hydrogen-bond acceptors (Lipinski definition) is 1. The van der Waals surface area contributed by atoms with Gasteiger partial charge in [-0.15, -0.1) is 12.3 Å². The Balaban J connectivity index is 1.58. The zero-order chi connectivity index (χ0) is 13.9. The second-order valence-corrected chi connectivity index (χ2v) is 5.37. The van der Waals surface area contributed by atoms with Gasteiger partial charge in [-0.1, -0.05) is 18.2 Å². The summed E-state index contributed by atoms with van der Waals surface area (Å²) in [4.78, 5) is 17.0. The lowest BCUT2D eigenvalue weighted by Crippen LogP contribution is -2.26. The SMILES string of the molecule is C#CC1CC(=O)N(CCCc2c[nH]c3ccccc23)C1. The number of terminal acetylenes is 1. The minimum atomic E-state index is 0.107. The third-order valence-corrected chi connectivity index (χ3v) is 4.00. The van der Waals surface area contributed by atoms with Crippen molar-refractivity contribution >= 4 is 16.8 Å². The third kappa shape index (κ3) is 2.42. The molecular formula is C17H18N2O. The maximum Gasteiger partial charge on any atom is 0.223 e. The highest BCUT2D eigenvalue weighted by Crippen LogP contribution is 2.21. The Kier molecular flexibility index (Phi) is 3.47. The van der Waals surface area contributed by atoms with Crippen molar-refractivity contribution in [2.45, 2.75) is 19.3 Å². The Hall–Kier alpha value is -2.21. The van der Waals surface area contributed by atoms with Crippen LogP contribution in [0.3, 0.4) is 0 Å². The monoisotopic (exact) mass is 266 g/mol. The zero-order valence-corrected chi connectivity index (χ0v) is 11.4. The van der Waals surface area contributed by atoms with Crippen LogP contribution in [0.2, 0.25) is 0 Å². The van der Waals surface area contributed by atoms with Gasteiger partial charge >= 0.3 is 0 Å². The standard InChI is InChI=1S/C17H18N2O/c1-2-13-10-17(20)19(12-13)9-5-6-14-11-18-16-8-4-3-7-15(14)16/h1,3-4,7-8,11,13,18H,5-6,9-10,12H2. The Morgan fingerprint density at radius 2 is 2.25 bits per heavy atom. The van der Waals surface area contributed by atoms with E-state index in [9.17, 15) is 4.79 Å². The number of nitrogens with zero attached hydrogens (tertiary/aromatic N) is 1. The van der Waals surface area contributed by atoms with Crippen LogP contribution in [0.5, 0.6) is 0 Å². The molecule has 2 heterocycles. The molecule has 3 heteroatoms. The quantitative estimate of drug-likeness (QED) is 0.848. The molecule has 1 fully saturated rings. The molecule has 1 N–H and O–H groups in total. The molecule has 1 aliphatic rings. The van der Waals surface area contributed by atoms with Crippen LogP contribution in [-0.2, 0) is 11.2 Å². The molecule has 102 valence electrons. The maximum absolute atomic E-state index is 11.8. The molecule has 0 aliphatic carbocycles. The largest absolute Gasteiger partial charge is 0.361 e. The maximum atomic E-state index is 11.8. The van der Waals surface area contributed by atoms with Crippen LogP contribution in [-0.4, -0.2) is 28.9 Å². The molecule has 1 amide bonds. The van der Waals surface area contributed by atoms with Crippen molar-refractivity contribution in [2.75, 3.05) is 13.1 Å². The first-order chi connectivity index (χ1) is 9.78. The van der Waals surface area contributed by atoms with Gasteiger partial charge in [-0.25, -0.2) is 0 Å². The van der Waals surface area contributed by atoms with E-state index in [-0.39, 0.29) is 11.8 Å². The fourth-order valence-corrected chi connectivity index (χ4v) is 2.90.